The van der Waals surface area contributed by atoms with Crippen molar-refractivity contribution in [3.8, 4) is 0 Å². The van der Waals surface area contributed by atoms with E-state index >= 15 is 0 Å². The van der Waals surface area contributed by atoms with Crippen LogP contribution >= 0.6 is 29.3 Å². The molecule has 1 rings (SSSR count). The fourth-order valence-corrected chi connectivity index (χ4v) is 4.06. The molecule has 1 aliphatic carbocycles. The van der Waals surface area contributed by atoms with Gasteiger partial charge in [0.15, 0.2) is 0 Å². The first-order valence-corrected chi connectivity index (χ1v) is 9.51. The maximum Gasteiger partial charge on any atom is 0.0590 e. The van der Waals surface area contributed by atoms with Crippen molar-refractivity contribution in [3.63, 3.8) is 0 Å². The molecule has 0 aliphatic heterocycles. The van der Waals surface area contributed by atoms with E-state index in [1.165, 1.54) is 25.7 Å². The number of hydrogen-bond acceptors (Lipinski definition) is 2. The summed E-state index contributed by atoms with van der Waals surface area (Å²) >= 11 is 2.50. The summed E-state index contributed by atoms with van der Waals surface area (Å²) in [6.45, 7) is 4.95. The van der Waals surface area contributed by atoms with Crippen LogP contribution in [0.5, 0.6) is 0 Å². The minimum absolute atomic E-state index is 0.102. The third-order valence-corrected chi connectivity index (χ3v) is 7.34. The average molecular weight is 328 g/mol. The molecule has 2 N–H and O–H groups in total. The van der Waals surface area contributed by atoms with E-state index in [1.807, 2.05) is 7.05 Å². The lowest BCUT2D eigenvalue weighted by molar-refractivity contribution is 0.507. The number of hydrogen-bond donors (Lipinski definition) is 3. The summed E-state index contributed by atoms with van der Waals surface area (Å²) in [6.07, 6.45) is 5.54. The van der Waals surface area contributed by atoms with Gasteiger partial charge in [-0.05, 0) is 46.5 Å². The lowest BCUT2D eigenvalue weighted by atomic mass is 10.2. The molecular formula is C10H21IN2S. The Kier molecular flexibility index (Phi) is 6.48. The summed E-state index contributed by atoms with van der Waals surface area (Å²) in [5.41, 5.74) is 0. The second-order valence-corrected chi connectivity index (χ2v) is 8.74. The normalized spacial score (nSPS) is 23.4. The van der Waals surface area contributed by atoms with Gasteiger partial charge in [0.2, 0.25) is 0 Å². The summed E-state index contributed by atoms with van der Waals surface area (Å²) in [6, 6.07) is 0.774. The molecule has 0 heterocycles. The maximum absolute atomic E-state index is 3.86. The van der Waals surface area contributed by atoms with Gasteiger partial charge in [-0.2, -0.15) is 8.07 Å². The molecule has 0 aromatic carbocycles. The molecule has 0 amide bonds. The van der Waals surface area contributed by atoms with Crippen LogP contribution in [-0.4, -0.2) is 25.0 Å². The Morgan fingerprint density at radius 1 is 1.57 bits per heavy atom. The Morgan fingerprint density at radius 2 is 2.21 bits per heavy atom. The van der Waals surface area contributed by atoms with E-state index in [1.54, 1.807) is 0 Å². The van der Waals surface area contributed by atoms with Crippen molar-refractivity contribution >= 4 is 29.3 Å². The average Bonchev–Trinajstić information content (AvgIpc) is 2.71. The molecule has 0 bridgehead atoms. The fourth-order valence-electron chi connectivity index (χ4n) is 1.85. The molecule has 2 unspecified atom stereocenters. The predicted molar refractivity (Wildman–Crippen MR) is 76.3 cm³/mol. The van der Waals surface area contributed by atoms with Crippen LogP contribution in [0.2, 0.25) is 0 Å². The van der Waals surface area contributed by atoms with Crippen molar-refractivity contribution in [2.45, 2.75) is 37.1 Å². The number of halogens is 1. The monoisotopic (exact) mass is 328 g/mol. The van der Waals surface area contributed by atoms with E-state index in [-0.39, 0.29) is 8.07 Å². The van der Waals surface area contributed by atoms with Crippen LogP contribution in [-0.2, 0) is 0 Å². The molecular weight excluding hydrogens is 307 g/mol. The van der Waals surface area contributed by atoms with Gasteiger partial charge in [0.1, 0.15) is 0 Å². The number of thiol groups is 1. The Morgan fingerprint density at radius 3 is 2.71 bits per heavy atom. The van der Waals surface area contributed by atoms with Crippen LogP contribution in [0.4, 0.5) is 0 Å². The summed E-state index contributed by atoms with van der Waals surface area (Å²) in [4.78, 5) is 0. The molecule has 0 spiro atoms. The van der Waals surface area contributed by atoms with Crippen LogP contribution in [0, 0.1) is 0 Å². The maximum atomic E-state index is 3.86. The first-order valence-electron chi connectivity index (χ1n) is 5.25. The molecule has 0 aromatic heterocycles. The minimum atomic E-state index is -0.102. The topological polar surface area (TPSA) is 24.1 Å². The smallest absolute Gasteiger partial charge is 0.0590 e. The standard InChI is InChI=1S/C10H21IN2S/c1-3-14(11)10(12-2)8-13-9-6-4-5-7-9/h3,9-10,12-14H,1,4-8H2,2H3. The molecule has 2 atom stereocenters. The zero-order chi connectivity index (χ0) is 10.4. The largest absolute Gasteiger partial charge is 0.312 e. The van der Waals surface area contributed by atoms with Crippen LogP contribution in [0.1, 0.15) is 25.7 Å². The van der Waals surface area contributed by atoms with Gasteiger partial charge >= 0.3 is 0 Å². The van der Waals surface area contributed by atoms with Gasteiger partial charge < -0.3 is 10.6 Å². The quantitative estimate of drug-likeness (QED) is 0.516. The van der Waals surface area contributed by atoms with E-state index in [0.29, 0.717) is 5.37 Å². The number of rotatable bonds is 6. The molecule has 1 aliphatic rings. The molecule has 0 aromatic rings. The molecule has 14 heavy (non-hydrogen) atoms. The van der Waals surface area contributed by atoms with Crippen LogP contribution in [0.15, 0.2) is 12.0 Å². The van der Waals surface area contributed by atoms with Crippen LogP contribution in [0.25, 0.3) is 0 Å². The third kappa shape index (κ3) is 4.08. The van der Waals surface area contributed by atoms with E-state index in [2.05, 4.69) is 43.8 Å². The van der Waals surface area contributed by atoms with E-state index in [0.717, 1.165) is 12.6 Å². The highest BCUT2D eigenvalue weighted by Gasteiger charge is 2.17. The second kappa shape index (κ2) is 7.09. The highest BCUT2D eigenvalue weighted by molar-refractivity contribution is 14.2. The van der Waals surface area contributed by atoms with Crippen molar-refractivity contribution < 1.29 is 0 Å². The van der Waals surface area contributed by atoms with Gasteiger partial charge in [0.05, 0.1) is 5.37 Å². The molecule has 2 nitrogen and oxygen atoms in total. The summed E-state index contributed by atoms with van der Waals surface area (Å²) < 4.78 is 0. The third-order valence-electron chi connectivity index (χ3n) is 2.76. The Bertz CT molecular complexity index is 172. The number of nitrogens with one attached hydrogen (secondary N) is 2. The number of likely N-dealkylation sites (N-methyl/N-ethyl adjacent to an activating group) is 1. The first kappa shape index (κ1) is 12.8. The van der Waals surface area contributed by atoms with Gasteiger partial charge in [-0.25, -0.2) is 0 Å². The van der Waals surface area contributed by atoms with E-state index < -0.39 is 0 Å². The van der Waals surface area contributed by atoms with Crippen molar-refractivity contribution in [1.82, 2.24) is 10.6 Å². The van der Waals surface area contributed by atoms with Gasteiger partial charge in [-0.3, -0.25) is 0 Å². The summed E-state index contributed by atoms with van der Waals surface area (Å²) in [5.74, 6) is 0. The zero-order valence-corrected chi connectivity index (χ0v) is 11.9. The predicted octanol–water partition coefficient (Wildman–Crippen LogP) is 2.56. The molecule has 0 radical (unpaired) electrons. The second-order valence-electron chi connectivity index (χ2n) is 3.72. The summed E-state index contributed by atoms with van der Waals surface area (Å²) in [5, 5.41) is 9.66. The van der Waals surface area contributed by atoms with Crippen molar-refractivity contribution in [2.75, 3.05) is 13.6 Å². The molecule has 1 fully saturated rings. The Balaban J connectivity index is 2.22. The van der Waals surface area contributed by atoms with Crippen molar-refractivity contribution in [2.24, 2.45) is 0 Å². The van der Waals surface area contributed by atoms with E-state index in [4.69, 9.17) is 0 Å². The summed E-state index contributed by atoms with van der Waals surface area (Å²) in [7, 11) is 1.94. The van der Waals surface area contributed by atoms with Crippen LogP contribution in [0.3, 0.4) is 0 Å². The minimum Gasteiger partial charge on any atom is -0.312 e. The highest BCUT2D eigenvalue weighted by Crippen LogP contribution is 2.39. The first-order chi connectivity index (χ1) is 6.77. The Labute approximate surface area is 102 Å². The highest BCUT2D eigenvalue weighted by atomic mass is 127. The van der Waals surface area contributed by atoms with Gasteiger partial charge in [-0.15, -0.1) is 0 Å². The van der Waals surface area contributed by atoms with Crippen molar-refractivity contribution in [3.05, 3.63) is 12.0 Å². The fraction of sp³-hybridized carbons (Fsp3) is 0.800. The SMILES string of the molecule is C=C[SH](I)C(CNC1CCCC1)NC. The molecule has 0 saturated heterocycles. The van der Waals surface area contributed by atoms with Crippen molar-refractivity contribution in [1.29, 1.82) is 0 Å². The van der Waals surface area contributed by atoms with Gasteiger partial charge in [0.25, 0.3) is 0 Å². The lowest BCUT2D eigenvalue weighted by Gasteiger charge is -2.24. The van der Waals surface area contributed by atoms with Crippen LogP contribution < -0.4 is 10.6 Å². The van der Waals surface area contributed by atoms with Gasteiger partial charge in [-0.1, -0.05) is 19.4 Å². The Hall–Kier alpha value is 0.740. The zero-order valence-electron chi connectivity index (χ0n) is 8.80. The van der Waals surface area contributed by atoms with E-state index in [9.17, 15) is 0 Å². The molecule has 4 heteroatoms. The molecule has 1 saturated carbocycles. The van der Waals surface area contributed by atoms with Gasteiger partial charge in [0, 0.05) is 12.6 Å². The lowest BCUT2D eigenvalue weighted by Crippen LogP contribution is -2.39. The molecule has 84 valence electrons.